The normalized spacial score (nSPS) is 14.3. The molecule has 106 valence electrons. The van der Waals surface area contributed by atoms with Gasteiger partial charge in [-0.2, -0.15) is 0 Å². The van der Waals surface area contributed by atoms with Gasteiger partial charge in [0.05, 0.1) is 19.3 Å². The number of carbonyl (C=O) groups excluding carboxylic acids is 3. The summed E-state index contributed by atoms with van der Waals surface area (Å²) in [5, 5.41) is 0. The Hall–Kier alpha value is -1.85. The summed E-state index contributed by atoms with van der Waals surface area (Å²) >= 11 is 0. The molecule has 0 aliphatic heterocycles. The van der Waals surface area contributed by atoms with Crippen LogP contribution in [-0.4, -0.2) is 43.5 Å². The largest absolute Gasteiger partial charge is 0.466 e. The molecule has 1 aliphatic rings. The maximum Gasteiger partial charge on any atom is 0.335 e. The van der Waals surface area contributed by atoms with Gasteiger partial charge >= 0.3 is 11.9 Å². The van der Waals surface area contributed by atoms with Crippen molar-refractivity contribution in [1.82, 2.24) is 4.90 Å². The Morgan fingerprint density at radius 3 is 2.53 bits per heavy atom. The van der Waals surface area contributed by atoms with Crippen LogP contribution < -0.4 is 0 Å². The van der Waals surface area contributed by atoms with Crippen LogP contribution in [0.15, 0.2) is 11.3 Å². The van der Waals surface area contributed by atoms with Gasteiger partial charge in [-0.3, -0.25) is 9.59 Å². The Labute approximate surface area is 112 Å². The lowest BCUT2D eigenvalue weighted by Gasteiger charge is -2.19. The van der Waals surface area contributed by atoms with Crippen molar-refractivity contribution in [3.8, 4) is 0 Å². The molecule has 6 heteroatoms. The SMILES string of the molecule is CCOC(=O)CC(=O)N(C)C1=C(C(=O)OC)CCC1. The van der Waals surface area contributed by atoms with Gasteiger partial charge in [0.1, 0.15) is 6.42 Å². The first-order chi connectivity index (χ1) is 9.01. The minimum atomic E-state index is -0.558. The third-order valence-electron chi connectivity index (χ3n) is 3.00. The highest BCUT2D eigenvalue weighted by molar-refractivity contribution is 5.96. The first kappa shape index (κ1) is 15.2. The molecule has 0 saturated heterocycles. The lowest BCUT2D eigenvalue weighted by atomic mass is 10.2. The fourth-order valence-corrected chi connectivity index (χ4v) is 2.05. The summed E-state index contributed by atoms with van der Waals surface area (Å²) < 4.78 is 9.41. The highest BCUT2D eigenvalue weighted by Gasteiger charge is 2.27. The molecule has 0 atom stereocenters. The molecule has 1 aliphatic carbocycles. The molecule has 0 heterocycles. The number of esters is 2. The molecule has 0 aromatic rings. The molecule has 0 radical (unpaired) electrons. The fraction of sp³-hybridized carbons (Fsp3) is 0.615. The average Bonchev–Trinajstić information content (AvgIpc) is 2.86. The standard InChI is InChI=1S/C13H19NO5/c1-4-19-12(16)8-11(15)14(2)10-7-5-6-9(10)13(17)18-3/h4-8H2,1-3H3. The topological polar surface area (TPSA) is 72.9 Å². The molecule has 0 aromatic heterocycles. The van der Waals surface area contributed by atoms with Gasteiger partial charge in [0.25, 0.3) is 0 Å². The van der Waals surface area contributed by atoms with Crippen LogP contribution in [0.5, 0.6) is 0 Å². The third-order valence-corrected chi connectivity index (χ3v) is 3.00. The van der Waals surface area contributed by atoms with E-state index in [1.54, 1.807) is 14.0 Å². The highest BCUT2D eigenvalue weighted by atomic mass is 16.5. The smallest absolute Gasteiger partial charge is 0.335 e. The van der Waals surface area contributed by atoms with Gasteiger partial charge in [-0.1, -0.05) is 0 Å². The van der Waals surface area contributed by atoms with Crippen molar-refractivity contribution in [3.63, 3.8) is 0 Å². The van der Waals surface area contributed by atoms with E-state index in [4.69, 9.17) is 4.74 Å². The summed E-state index contributed by atoms with van der Waals surface area (Å²) in [4.78, 5) is 36.1. The Morgan fingerprint density at radius 1 is 1.26 bits per heavy atom. The van der Waals surface area contributed by atoms with Crippen LogP contribution in [0.3, 0.4) is 0 Å². The van der Waals surface area contributed by atoms with Gasteiger partial charge in [-0.25, -0.2) is 4.79 Å². The fourth-order valence-electron chi connectivity index (χ4n) is 2.05. The highest BCUT2D eigenvalue weighted by Crippen LogP contribution is 2.29. The van der Waals surface area contributed by atoms with E-state index >= 15 is 0 Å². The lowest BCUT2D eigenvalue weighted by Crippen LogP contribution is -2.29. The van der Waals surface area contributed by atoms with E-state index in [9.17, 15) is 14.4 Å². The molecule has 19 heavy (non-hydrogen) atoms. The van der Waals surface area contributed by atoms with E-state index in [-0.39, 0.29) is 18.9 Å². The molecule has 0 saturated carbocycles. The van der Waals surface area contributed by atoms with Crippen LogP contribution in [0.2, 0.25) is 0 Å². The predicted octanol–water partition coefficient (Wildman–Crippen LogP) is 1.01. The van der Waals surface area contributed by atoms with Crippen LogP contribution in [0.1, 0.15) is 32.6 Å². The van der Waals surface area contributed by atoms with E-state index in [1.807, 2.05) is 0 Å². The molecule has 0 unspecified atom stereocenters. The van der Waals surface area contributed by atoms with Crippen LogP contribution >= 0.6 is 0 Å². The van der Waals surface area contributed by atoms with Gasteiger partial charge in [-0.05, 0) is 26.2 Å². The Bertz CT molecular complexity index is 413. The van der Waals surface area contributed by atoms with Gasteiger partial charge in [0.2, 0.25) is 5.91 Å². The van der Waals surface area contributed by atoms with Gasteiger partial charge in [0.15, 0.2) is 0 Å². The number of methoxy groups -OCH3 is 1. The first-order valence-corrected chi connectivity index (χ1v) is 6.23. The van der Waals surface area contributed by atoms with E-state index in [2.05, 4.69) is 4.74 Å². The van der Waals surface area contributed by atoms with Crippen molar-refractivity contribution in [2.45, 2.75) is 32.6 Å². The Morgan fingerprint density at radius 2 is 1.95 bits per heavy atom. The summed E-state index contributed by atoms with van der Waals surface area (Å²) in [6, 6.07) is 0. The van der Waals surface area contributed by atoms with Crippen molar-refractivity contribution >= 4 is 17.8 Å². The van der Waals surface area contributed by atoms with Crippen LogP contribution in [0.4, 0.5) is 0 Å². The molecule has 1 rings (SSSR count). The second-order valence-electron chi connectivity index (χ2n) is 4.20. The molecular weight excluding hydrogens is 250 g/mol. The van der Waals surface area contributed by atoms with Crippen LogP contribution in [-0.2, 0) is 23.9 Å². The number of hydrogen-bond acceptors (Lipinski definition) is 5. The van der Waals surface area contributed by atoms with Gasteiger partial charge in [-0.15, -0.1) is 0 Å². The van der Waals surface area contributed by atoms with Gasteiger partial charge < -0.3 is 14.4 Å². The molecule has 0 fully saturated rings. The molecule has 0 bridgehead atoms. The van der Waals surface area contributed by atoms with Crippen molar-refractivity contribution in [2.24, 2.45) is 0 Å². The molecule has 1 amide bonds. The minimum Gasteiger partial charge on any atom is -0.466 e. The predicted molar refractivity (Wildman–Crippen MR) is 66.9 cm³/mol. The molecule has 0 aromatic carbocycles. The quantitative estimate of drug-likeness (QED) is 0.550. The monoisotopic (exact) mass is 269 g/mol. The lowest BCUT2D eigenvalue weighted by molar-refractivity contribution is -0.147. The number of carbonyl (C=O) groups is 3. The molecule has 0 spiro atoms. The van der Waals surface area contributed by atoms with Crippen molar-refractivity contribution in [1.29, 1.82) is 0 Å². The van der Waals surface area contributed by atoms with E-state index in [1.165, 1.54) is 12.0 Å². The maximum absolute atomic E-state index is 11.9. The van der Waals surface area contributed by atoms with E-state index in [0.717, 1.165) is 6.42 Å². The van der Waals surface area contributed by atoms with Crippen molar-refractivity contribution < 1.29 is 23.9 Å². The summed E-state index contributed by atoms with van der Waals surface area (Å²) in [5.74, 6) is -1.35. The van der Waals surface area contributed by atoms with Crippen molar-refractivity contribution in [2.75, 3.05) is 20.8 Å². The number of allylic oxidation sites excluding steroid dienone is 1. The summed E-state index contributed by atoms with van der Waals surface area (Å²) in [7, 11) is 2.87. The van der Waals surface area contributed by atoms with Crippen LogP contribution in [0, 0.1) is 0 Å². The third kappa shape index (κ3) is 3.81. The second-order valence-corrected chi connectivity index (χ2v) is 4.20. The number of rotatable bonds is 5. The summed E-state index contributed by atoms with van der Waals surface area (Å²) in [6.07, 6.45) is 1.72. The number of amides is 1. The molecular formula is C13H19NO5. The van der Waals surface area contributed by atoms with Crippen LogP contribution in [0.25, 0.3) is 0 Å². The number of hydrogen-bond donors (Lipinski definition) is 0. The number of nitrogens with zero attached hydrogens (tertiary/aromatic N) is 1. The average molecular weight is 269 g/mol. The zero-order valence-corrected chi connectivity index (χ0v) is 11.5. The second kappa shape index (κ2) is 6.92. The van der Waals surface area contributed by atoms with Crippen molar-refractivity contribution in [3.05, 3.63) is 11.3 Å². The summed E-state index contributed by atoms with van der Waals surface area (Å²) in [5.41, 5.74) is 1.16. The van der Waals surface area contributed by atoms with Gasteiger partial charge in [0, 0.05) is 12.7 Å². The minimum absolute atomic E-state index is 0.242. The van der Waals surface area contributed by atoms with E-state index in [0.29, 0.717) is 24.1 Å². The zero-order chi connectivity index (χ0) is 14.4. The maximum atomic E-state index is 11.9. The summed E-state index contributed by atoms with van der Waals surface area (Å²) in [6.45, 7) is 1.92. The Kier molecular flexibility index (Phi) is 5.54. The molecule has 0 N–H and O–H groups in total. The Balaban J connectivity index is 2.75. The first-order valence-electron chi connectivity index (χ1n) is 6.23. The number of ether oxygens (including phenoxy) is 2. The molecule has 6 nitrogen and oxygen atoms in total. The zero-order valence-electron chi connectivity index (χ0n) is 11.5. The van der Waals surface area contributed by atoms with E-state index < -0.39 is 11.9 Å².